The van der Waals surface area contributed by atoms with E-state index in [-0.39, 0.29) is 12.1 Å². The smallest absolute Gasteiger partial charge is 0.338 e. The quantitative estimate of drug-likeness (QED) is 0.504. The van der Waals surface area contributed by atoms with Gasteiger partial charge in [-0.1, -0.05) is 24.4 Å². The first-order chi connectivity index (χ1) is 8.65. The van der Waals surface area contributed by atoms with Crippen molar-refractivity contribution in [3.63, 3.8) is 0 Å². The third-order valence-corrected chi connectivity index (χ3v) is 3.45. The van der Waals surface area contributed by atoms with E-state index in [4.69, 9.17) is 22.1 Å². The van der Waals surface area contributed by atoms with Gasteiger partial charge >= 0.3 is 5.97 Å². The van der Waals surface area contributed by atoms with Crippen LogP contribution in [0.4, 0.5) is 5.69 Å². The number of carbonyl (C=O) groups excluding carboxylic acids is 1. The lowest BCUT2D eigenvalue weighted by Crippen LogP contribution is -2.17. The van der Waals surface area contributed by atoms with Crippen LogP contribution in [0.5, 0.6) is 0 Å². The van der Waals surface area contributed by atoms with Crippen molar-refractivity contribution in [3.05, 3.63) is 28.8 Å². The SMILES string of the molecule is Nc1cc(Cl)cc(C(=O)OC2CCCCCC2)c1. The Hall–Kier alpha value is -1.22. The zero-order valence-electron chi connectivity index (χ0n) is 10.3. The molecule has 0 saturated heterocycles. The molecule has 1 aliphatic rings. The first-order valence-electron chi connectivity index (χ1n) is 6.42. The fraction of sp³-hybridized carbons (Fsp3) is 0.500. The van der Waals surface area contributed by atoms with Crippen LogP contribution in [0.25, 0.3) is 0 Å². The minimum atomic E-state index is -0.323. The van der Waals surface area contributed by atoms with Gasteiger partial charge in [-0.3, -0.25) is 0 Å². The first-order valence-corrected chi connectivity index (χ1v) is 6.80. The van der Waals surface area contributed by atoms with E-state index in [1.165, 1.54) is 12.8 Å². The second-order valence-corrected chi connectivity index (χ2v) is 5.23. The Kier molecular flexibility index (Phi) is 4.48. The molecule has 98 valence electrons. The molecule has 0 radical (unpaired) electrons. The molecule has 0 spiro atoms. The number of rotatable bonds is 2. The number of nitrogen functional groups attached to an aromatic ring is 1. The van der Waals surface area contributed by atoms with Crippen molar-refractivity contribution in [1.29, 1.82) is 0 Å². The van der Waals surface area contributed by atoms with E-state index in [1.54, 1.807) is 18.2 Å². The first kappa shape index (κ1) is 13.2. The molecule has 0 amide bonds. The van der Waals surface area contributed by atoms with Gasteiger partial charge in [0.25, 0.3) is 0 Å². The maximum Gasteiger partial charge on any atom is 0.338 e. The lowest BCUT2D eigenvalue weighted by Gasteiger charge is -2.15. The van der Waals surface area contributed by atoms with Crippen molar-refractivity contribution < 1.29 is 9.53 Å². The Labute approximate surface area is 112 Å². The molecular weight excluding hydrogens is 250 g/mol. The molecular formula is C14H18ClNO2. The van der Waals surface area contributed by atoms with Crippen molar-refractivity contribution in [3.8, 4) is 0 Å². The largest absolute Gasteiger partial charge is 0.459 e. The molecule has 1 aromatic rings. The Morgan fingerprint density at radius 2 is 1.83 bits per heavy atom. The molecule has 1 aliphatic carbocycles. The van der Waals surface area contributed by atoms with E-state index in [9.17, 15) is 4.79 Å². The van der Waals surface area contributed by atoms with Crippen LogP contribution < -0.4 is 5.73 Å². The number of hydrogen-bond acceptors (Lipinski definition) is 3. The van der Waals surface area contributed by atoms with E-state index in [1.807, 2.05) is 0 Å². The van der Waals surface area contributed by atoms with Gasteiger partial charge in [0.1, 0.15) is 6.10 Å². The molecule has 0 aliphatic heterocycles. The lowest BCUT2D eigenvalue weighted by molar-refractivity contribution is 0.0267. The molecule has 0 bridgehead atoms. The molecule has 3 nitrogen and oxygen atoms in total. The monoisotopic (exact) mass is 267 g/mol. The molecule has 4 heteroatoms. The average molecular weight is 268 g/mol. The normalized spacial score (nSPS) is 17.2. The van der Waals surface area contributed by atoms with Crippen LogP contribution in [-0.2, 0) is 4.74 Å². The molecule has 2 rings (SSSR count). The number of benzene rings is 1. The van der Waals surface area contributed by atoms with Crippen molar-refractivity contribution in [2.45, 2.75) is 44.6 Å². The van der Waals surface area contributed by atoms with Gasteiger partial charge in [-0.05, 0) is 43.9 Å². The lowest BCUT2D eigenvalue weighted by atomic mass is 10.1. The standard InChI is InChI=1S/C14H18ClNO2/c15-11-7-10(8-12(16)9-11)14(17)18-13-5-3-1-2-4-6-13/h7-9,13H,1-6,16H2. The fourth-order valence-corrected chi connectivity index (χ4v) is 2.55. The summed E-state index contributed by atoms with van der Waals surface area (Å²) >= 11 is 5.88. The van der Waals surface area contributed by atoms with Crippen LogP contribution in [-0.4, -0.2) is 12.1 Å². The summed E-state index contributed by atoms with van der Waals surface area (Å²) in [5.41, 5.74) is 6.58. The van der Waals surface area contributed by atoms with Crippen LogP contribution in [0.2, 0.25) is 5.02 Å². The van der Waals surface area contributed by atoms with Gasteiger partial charge in [0, 0.05) is 10.7 Å². The highest BCUT2D eigenvalue weighted by Gasteiger charge is 2.18. The summed E-state index contributed by atoms with van der Waals surface area (Å²) in [5.74, 6) is -0.323. The van der Waals surface area contributed by atoms with Crippen molar-refractivity contribution in [2.75, 3.05) is 5.73 Å². The predicted molar refractivity (Wildman–Crippen MR) is 72.8 cm³/mol. The van der Waals surface area contributed by atoms with Crippen molar-refractivity contribution in [1.82, 2.24) is 0 Å². The third kappa shape index (κ3) is 3.64. The Morgan fingerprint density at radius 1 is 1.17 bits per heavy atom. The van der Waals surface area contributed by atoms with Gasteiger partial charge in [0.2, 0.25) is 0 Å². The molecule has 0 atom stereocenters. The van der Waals surface area contributed by atoms with Gasteiger partial charge < -0.3 is 10.5 Å². The van der Waals surface area contributed by atoms with Gasteiger partial charge in [0.05, 0.1) is 5.56 Å². The van der Waals surface area contributed by atoms with Gasteiger partial charge in [-0.25, -0.2) is 4.79 Å². The minimum Gasteiger partial charge on any atom is -0.459 e. The molecule has 0 aromatic heterocycles. The van der Waals surface area contributed by atoms with E-state index >= 15 is 0 Å². The number of ether oxygens (including phenoxy) is 1. The second-order valence-electron chi connectivity index (χ2n) is 4.79. The molecule has 18 heavy (non-hydrogen) atoms. The Bertz CT molecular complexity index is 406. The maximum absolute atomic E-state index is 12.0. The highest BCUT2D eigenvalue weighted by molar-refractivity contribution is 6.31. The molecule has 1 fully saturated rings. The number of carbonyl (C=O) groups is 1. The summed E-state index contributed by atoms with van der Waals surface area (Å²) in [6.07, 6.45) is 6.70. The maximum atomic E-state index is 12.0. The number of nitrogens with two attached hydrogens (primary N) is 1. The Balaban J connectivity index is 2.01. The molecule has 0 unspecified atom stereocenters. The highest BCUT2D eigenvalue weighted by atomic mass is 35.5. The zero-order chi connectivity index (χ0) is 13.0. The number of esters is 1. The highest BCUT2D eigenvalue weighted by Crippen LogP contribution is 2.22. The van der Waals surface area contributed by atoms with Gasteiger partial charge in [-0.2, -0.15) is 0 Å². The topological polar surface area (TPSA) is 52.3 Å². The second kappa shape index (κ2) is 6.10. The number of hydrogen-bond donors (Lipinski definition) is 1. The van der Waals surface area contributed by atoms with Crippen LogP contribution in [0.1, 0.15) is 48.9 Å². The summed E-state index contributed by atoms with van der Waals surface area (Å²) in [6.45, 7) is 0. The predicted octanol–water partition coefficient (Wildman–Crippen LogP) is 3.80. The van der Waals surface area contributed by atoms with E-state index in [0.717, 1.165) is 25.7 Å². The summed E-state index contributed by atoms with van der Waals surface area (Å²) < 4.78 is 5.51. The summed E-state index contributed by atoms with van der Waals surface area (Å²) in [5, 5.41) is 0.461. The van der Waals surface area contributed by atoms with Crippen molar-refractivity contribution >= 4 is 23.3 Å². The van der Waals surface area contributed by atoms with E-state index < -0.39 is 0 Å². The van der Waals surface area contributed by atoms with Crippen LogP contribution in [0.3, 0.4) is 0 Å². The van der Waals surface area contributed by atoms with Gasteiger partial charge in [-0.15, -0.1) is 0 Å². The molecule has 2 N–H and O–H groups in total. The summed E-state index contributed by atoms with van der Waals surface area (Å²) in [7, 11) is 0. The van der Waals surface area contributed by atoms with Crippen LogP contribution in [0.15, 0.2) is 18.2 Å². The van der Waals surface area contributed by atoms with Gasteiger partial charge in [0.15, 0.2) is 0 Å². The number of anilines is 1. The number of halogens is 1. The third-order valence-electron chi connectivity index (χ3n) is 3.23. The minimum absolute atomic E-state index is 0.0419. The van der Waals surface area contributed by atoms with E-state index in [0.29, 0.717) is 16.3 Å². The summed E-state index contributed by atoms with van der Waals surface area (Å²) in [4.78, 5) is 12.0. The van der Waals surface area contributed by atoms with Crippen LogP contribution >= 0.6 is 11.6 Å². The molecule has 1 saturated carbocycles. The zero-order valence-corrected chi connectivity index (χ0v) is 11.1. The van der Waals surface area contributed by atoms with Crippen LogP contribution in [0, 0.1) is 0 Å². The molecule has 0 heterocycles. The fourth-order valence-electron chi connectivity index (χ4n) is 2.31. The Morgan fingerprint density at radius 3 is 2.44 bits per heavy atom. The summed E-state index contributed by atoms with van der Waals surface area (Å²) in [6, 6.07) is 4.81. The van der Waals surface area contributed by atoms with Crippen molar-refractivity contribution in [2.24, 2.45) is 0 Å². The molecule has 1 aromatic carbocycles. The average Bonchev–Trinajstić information content (AvgIpc) is 2.56. The van der Waals surface area contributed by atoms with E-state index in [2.05, 4.69) is 0 Å².